The summed E-state index contributed by atoms with van der Waals surface area (Å²) in [6.45, 7) is 7.39. The average Bonchev–Trinajstić information content (AvgIpc) is 2.81. The van der Waals surface area contributed by atoms with E-state index in [1.807, 2.05) is 32.2 Å². The number of aromatic nitrogens is 2. The summed E-state index contributed by atoms with van der Waals surface area (Å²) in [7, 11) is 0. The van der Waals surface area contributed by atoms with Crippen LogP contribution < -0.4 is 0 Å². The van der Waals surface area contributed by atoms with E-state index in [-0.39, 0.29) is 0 Å². The van der Waals surface area contributed by atoms with E-state index >= 15 is 0 Å². The van der Waals surface area contributed by atoms with Crippen LogP contribution in [0.1, 0.15) is 30.9 Å². The van der Waals surface area contributed by atoms with Crippen molar-refractivity contribution < 1.29 is 0 Å². The third-order valence-corrected chi connectivity index (χ3v) is 4.23. The monoisotopic (exact) mass is 370 g/mol. The van der Waals surface area contributed by atoms with Gasteiger partial charge >= 0.3 is 0 Å². The molecule has 0 atom stereocenters. The van der Waals surface area contributed by atoms with Crippen LogP contribution in [0.5, 0.6) is 0 Å². The fourth-order valence-electron chi connectivity index (χ4n) is 2.81. The molecule has 23 heavy (non-hydrogen) atoms. The maximum Gasteiger partial charge on any atom is 0.135 e. The number of halogens is 1. The van der Waals surface area contributed by atoms with Gasteiger partial charge in [-0.3, -0.25) is 14.6 Å². The topological polar surface area (TPSA) is 42.5 Å². The zero-order chi connectivity index (χ0) is 16.4. The minimum Gasteiger partial charge on any atom is -0.299 e. The molecule has 0 unspecified atom stereocenters. The summed E-state index contributed by atoms with van der Waals surface area (Å²) < 4.78 is 3.21. The Morgan fingerprint density at radius 1 is 1.43 bits per heavy atom. The summed E-state index contributed by atoms with van der Waals surface area (Å²) in [6, 6.07) is 6.27. The molecule has 0 bridgehead atoms. The van der Waals surface area contributed by atoms with Crippen LogP contribution in [-0.2, 0) is 6.54 Å². The minimum atomic E-state index is 0.551. The highest BCUT2D eigenvalue weighted by molar-refractivity contribution is 9.10. The second kappa shape index (κ2) is 6.62. The first-order chi connectivity index (χ1) is 11.2. The van der Waals surface area contributed by atoms with Crippen molar-refractivity contribution >= 4 is 27.4 Å². The molecule has 0 saturated heterocycles. The quantitative estimate of drug-likeness (QED) is 0.743. The molecule has 0 N–H and O–H groups in total. The Morgan fingerprint density at radius 2 is 2.26 bits per heavy atom. The first kappa shape index (κ1) is 15.9. The van der Waals surface area contributed by atoms with Crippen LogP contribution in [0.25, 0.3) is 5.69 Å². The summed E-state index contributed by atoms with van der Waals surface area (Å²) in [6.07, 6.45) is 5.92. The fraction of sp³-hybridized carbons (Fsp3) is 0.278. The van der Waals surface area contributed by atoms with Gasteiger partial charge in [-0.05, 0) is 45.0 Å². The lowest BCUT2D eigenvalue weighted by Crippen LogP contribution is -2.16. The molecule has 1 aliphatic rings. The van der Waals surface area contributed by atoms with Gasteiger partial charge in [-0.15, -0.1) is 0 Å². The SMILES string of the molecule is C/C=C\C(=NCC)C1=NCc2ncc(C)n2-c2ccc(Br)cc21. The highest BCUT2D eigenvalue weighted by Crippen LogP contribution is 2.27. The van der Waals surface area contributed by atoms with E-state index in [0.29, 0.717) is 6.54 Å². The number of nitrogens with zero attached hydrogens (tertiary/aromatic N) is 4. The standard InChI is InChI=1S/C18H19BrN4/c1-4-6-15(20-5-2)18-14-9-13(19)7-8-16(14)23-12(3)10-21-17(23)11-22-18/h4,6-10H,5,11H2,1-3H3/b6-4-,20-15?. The van der Waals surface area contributed by atoms with Crippen molar-refractivity contribution in [3.8, 4) is 5.69 Å². The highest BCUT2D eigenvalue weighted by atomic mass is 79.9. The zero-order valence-electron chi connectivity index (χ0n) is 13.5. The number of imidazole rings is 1. The molecule has 1 aliphatic heterocycles. The van der Waals surface area contributed by atoms with Crippen molar-refractivity contribution in [2.75, 3.05) is 6.54 Å². The van der Waals surface area contributed by atoms with Crippen molar-refractivity contribution in [2.45, 2.75) is 27.3 Å². The Balaban J connectivity index is 2.27. The van der Waals surface area contributed by atoms with E-state index in [1.54, 1.807) is 0 Å². The summed E-state index contributed by atoms with van der Waals surface area (Å²) in [4.78, 5) is 14.0. The van der Waals surface area contributed by atoms with Gasteiger partial charge < -0.3 is 0 Å². The number of fused-ring (bicyclic) bond motifs is 3. The number of hydrogen-bond acceptors (Lipinski definition) is 3. The lowest BCUT2D eigenvalue weighted by atomic mass is 10.0. The third-order valence-electron chi connectivity index (χ3n) is 3.74. The van der Waals surface area contributed by atoms with Crippen LogP contribution in [-0.4, -0.2) is 27.5 Å². The van der Waals surface area contributed by atoms with Gasteiger partial charge in [-0.2, -0.15) is 0 Å². The van der Waals surface area contributed by atoms with Gasteiger partial charge in [0.1, 0.15) is 5.82 Å². The second-order valence-electron chi connectivity index (χ2n) is 5.34. The zero-order valence-corrected chi connectivity index (χ0v) is 15.1. The molecule has 0 fully saturated rings. The lowest BCUT2D eigenvalue weighted by Gasteiger charge is -2.13. The van der Waals surface area contributed by atoms with E-state index in [1.165, 1.54) is 0 Å². The van der Waals surface area contributed by atoms with Gasteiger partial charge in [0.2, 0.25) is 0 Å². The van der Waals surface area contributed by atoms with Crippen LogP contribution in [0.4, 0.5) is 0 Å². The van der Waals surface area contributed by atoms with E-state index in [0.717, 1.165) is 45.2 Å². The maximum atomic E-state index is 4.83. The van der Waals surface area contributed by atoms with Crippen molar-refractivity contribution in [3.05, 3.63) is 58.1 Å². The fourth-order valence-corrected chi connectivity index (χ4v) is 3.17. The van der Waals surface area contributed by atoms with E-state index in [4.69, 9.17) is 4.99 Å². The summed E-state index contributed by atoms with van der Waals surface area (Å²) in [5.41, 5.74) is 5.12. The number of allylic oxidation sites excluding steroid dienone is 2. The van der Waals surface area contributed by atoms with E-state index < -0.39 is 0 Å². The van der Waals surface area contributed by atoms with Crippen molar-refractivity contribution in [2.24, 2.45) is 9.98 Å². The maximum absolute atomic E-state index is 4.83. The molecule has 118 valence electrons. The predicted octanol–water partition coefficient (Wildman–Crippen LogP) is 4.28. The van der Waals surface area contributed by atoms with Crippen LogP contribution in [0.3, 0.4) is 0 Å². The molecule has 1 aromatic heterocycles. The third kappa shape index (κ3) is 2.93. The molecule has 0 spiro atoms. The molecule has 0 aliphatic carbocycles. The normalized spacial score (nSPS) is 14.4. The van der Waals surface area contributed by atoms with Gasteiger partial charge in [0.15, 0.2) is 0 Å². The Hall–Kier alpha value is -2.01. The molecular weight excluding hydrogens is 352 g/mol. The van der Waals surface area contributed by atoms with E-state index in [2.05, 4.69) is 55.6 Å². The molecule has 2 heterocycles. The Labute approximate surface area is 144 Å². The Kier molecular flexibility index (Phi) is 4.57. The van der Waals surface area contributed by atoms with E-state index in [9.17, 15) is 0 Å². The molecule has 0 amide bonds. The smallest absolute Gasteiger partial charge is 0.135 e. The Morgan fingerprint density at radius 3 is 3.00 bits per heavy atom. The lowest BCUT2D eigenvalue weighted by molar-refractivity contribution is 0.863. The van der Waals surface area contributed by atoms with Crippen LogP contribution in [0.15, 0.2) is 51.0 Å². The molecule has 0 saturated carbocycles. The molecule has 3 rings (SSSR count). The summed E-state index contributed by atoms with van der Waals surface area (Å²) >= 11 is 3.58. The largest absolute Gasteiger partial charge is 0.299 e. The Bertz CT molecular complexity index is 828. The summed E-state index contributed by atoms with van der Waals surface area (Å²) in [5, 5.41) is 0. The van der Waals surface area contributed by atoms with Gasteiger partial charge in [-0.25, -0.2) is 4.98 Å². The number of hydrogen-bond donors (Lipinski definition) is 0. The predicted molar refractivity (Wildman–Crippen MR) is 99.0 cm³/mol. The highest BCUT2D eigenvalue weighted by Gasteiger charge is 2.21. The van der Waals surface area contributed by atoms with Gasteiger partial charge in [0.25, 0.3) is 0 Å². The number of benzene rings is 1. The molecular formula is C18H19BrN4. The first-order valence-electron chi connectivity index (χ1n) is 7.71. The van der Waals surface area contributed by atoms with Crippen LogP contribution in [0.2, 0.25) is 0 Å². The molecule has 4 nitrogen and oxygen atoms in total. The molecule has 5 heteroatoms. The molecule has 0 radical (unpaired) electrons. The van der Waals surface area contributed by atoms with Crippen LogP contribution in [0, 0.1) is 6.92 Å². The van der Waals surface area contributed by atoms with Gasteiger partial charge in [0, 0.05) is 28.5 Å². The average molecular weight is 371 g/mol. The van der Waals surface area contributed by atoms with Crippen molar-refractivity contribution in [1.82, 2.24) is 9.55 Å². The second-order valence-corrected chi connectivity index (χ2v) is 6.25. The first-order valence-corrected chi connectivity index (χ1v) is 8.50. The van der Waals surface area contributed by atoms with Gasteiger partial charge in [0.05, 0.1) is 23.7 Å². The summed E-state index contributed by atoms with van der Waals surface area (Å²) in [5.74, 6) is 0.956. The van der Waals surface area contributed by atoms with Crippen molar-refractivity contribution in [3.63, 3.8) is 0 Å². The minimum absolute atomic E-state index is 0.551. The molecule has 1 aromatic carbocycles. The number of aliphatic imine (C=N–C) groups is 2. The van der Waals surface area contributed by atoms with Crippen LogP contribution >= 0.6 is 15.9 Å². The number of rotatable bonds is 3. The van der Waals surface area contributed by atoms with Gasteiger partial charge in [-0.1, -0.05) is 22.0 Å². The number of aryl methyl sites for hydroxylation is 1. The van der Waals surface area contributed by atoms with Crippen molar-refractivity contribution in [1.29, 1.82) is 0 Å². The molecule has 2 aromatic rings.